The molecule has 2 aromatic rings. The van der Waals surface area contributed by atoms with E-state index in [9.17, 15) is 18.0 Å². The van der Waals surface area contributed by atoms with Gasteiger partial charge in [-0.1, -0.05) is 41.4 Å². The number of anilines is 1. The van der Waals surface area contributed by atoms with Gasteiger partial charge in [-0.2, -0.15) is 0 Å². The molecule has 0 unspecified atom stereocenters. The predicted octanol–water partition coefficient (Wildman–Crippen LogP) is 4.53. The predicted molar refractivity (Wildman–Crippen MR) is 142 cm³/mol. The van der Waals surface area contributed by atoms with E-state index in [0.717, 1.165) is 17.4 Å². The van der Waals surface area contributed by atoms with Crippen LogP contribution < -0.4 is 9.62 Å². The molecule has 192 valence electrons. The number of hydrogen-bond acceptors (Lipinski definition) is 4. The molecule has 0 fully saturated rings. The van der Waals surface area contributed by atoms with Crippen molar-refractivity contribution >= 4 is 39.1 Å². The number of sulfonamides is 1. The van der Waals surface area contributed by atoms with Crippen LogP contribution in [-0.2, 0) is 26.2 Å². The van der Waals surface area contributed by atoms with Crippen molar-refractivity contribution in [3.8, 4) is 0 Å². The Bertz CT molecular complexity index is 1130. The Balaban J connectivity index is 2.18. The van der Waals surface area contributed by atoms with E-state index in [4.69, 9.17) is 11.6 Å². The van der Waals surface area contributed by atoms with Gasteiger partial charge in [-0.05, 0) is 70.9 Å². The summed E-state index contributed by atoms with van der Waals surface area (Å²) in [5.74, 6) is -0.454. The van der Waals surface area contributed by atoms with Crippen LogP contribution in [0.4, 0.5) is 5.69 Å². The van der Waals surface area contributed by atoms with Crippen molar-refractivity contribution in [1.29, 1.82) is 0 Å². The molecule has 1 N–H and O–H groups in total. The lowest BCUT2D eigenvalue weighted by Gasteiger charge is -2.32. The summed E-state index contributed by atoms with van der Waals surface area (Å²) < 4.78 is 26.0. The van der Waals surface area contributed by atoms with Crippen LogP contribution in [-0.4, -0.2) is 49.5 Å². The van der Waals surface area contributed by atoms with Gasteiger partial charge in [-0.15, -0.1) is 0 Å². The largest absolute Gasteiger partial charge is 0.350 e. The van der Waals surface area contributed by atoms with E-state index in [1.807, 2.05) is 52.0 Å². The molecule has 1 atom stereocenters. The SMILES string of the molecule is Cc1cccc(CN(C(=O)CCCN(c2ccc(Cl)cc2)S(C)(=O)=O)[C@@H](C)C(=O)NC(C)(C)C)c1. The van der Waals surface area contributed by atoms with E-state index in [1.54, 1.807) is 36.1 Å². The third-order valence-electron chi connectivity index (χ3n) is 5.37. The minimum atomic E-state index is -3.55. The van der Waals surface area contributed by atoms with Crippen molar-refractivity contribution in [2.45, 2.75) is 65.6 Å². The molecule has 0 bridgehead atoms. The summed E-state index contributed by atoms with van der Waals surface area (Å²) in [6.45, 7) is 9.77. The minimum Gasteiger partial charge on any atom is -0.350 e. The Morgan fingerprint density at radius 1 is 1.09 bits per heavy atom. The lowest BCUT2D eigenvalue weighted by Crippen LogP contribution is -2.52. The first kappa shape index (κ1) is 28.7. The standard InChI is InChI=1S/C26H36ClN3O4S/c1-19-9-7-10-21(17-19)18-29(20(2)25(32)28-26(3,4)5)24(31)11-8-16-30(35(6,33)34)23-14-12-22(27)13-15-23/h7,9-10,12-15,17,20H,8,11,16,18H2,1-6H3,(H,28,32)/t20-/m0/s1. The van der Waals surface area contributed by atoms with Gasteiger partial charge in [0.25, 0.3) is 0 Å². The van der Waals surface area contributed by atoms with Crippen LogP contribution in [0.2, 0.25) is 5.02 Å². The molecule has 35 heavy (non-hydrogen) atoms. The Kier molecular flexibility index (Phi) is 9.75. The summed E-state index contributed by atoms with van der Waals surface area (Å²) in [4.78, 5) is 27.8. The van der Waals surface area contributed by atoms with Crippen molar-refractivity contribution < 1.29 is 18.0 Å². The third kappa shape index (κ3) is 9.18. The molecule has 2 aromatic carbocycles. The first-order valence-electron chi connectivity index (χ1n) is 11.6. The van der Waals surface area contributed by atoms with Crippen LogP contribution in [0.5, 0.6) is 0 Å². The second-order valence-corrected chi connectivity index (χ2v) is 12.2. The number of halogens is 1. The van der Waals surface area contributed by atoms with Gasteiger partial charge in [0.2, 0.25) is 21.8 Å². The number of carbonyl (C=O) groups is 2. The first-order valence-corrected chi connectivity index (χ1v) is 13.8. The molecule has 2 amide bonds. The zero-order valence-electron chi connectivity index (χ0n) is 21.3. The summed E-state index contributed by atoms with van der Waals surface area (Å²) in [6.07, 6.45) is 1.53. The molecule has 0 aliphatic heterocycles. The third-order valence-corrected chi connectivity index (χ3v) is 6.81. The fourth-order valence-electron chi connectivity index (χ4n) is 3.68. The number of hydrogen-bond donors (Lipinski definition) is 1. The number of aryl methyl sites for hydroxylation is 1. The van der Waals surface area contributed by atoms with E-state index in [1.165, 1.54) is 4.31 Å². The van der Waals surface area contributed by atoms with Crippen LogP contribution in [0.25, 0.3) is 0 Å². The van der Waals surface area contributed by atoms with Crippen molar-refractivity contribution in [1.82, 2.24) is 10.2 Å². The smallest absolute Gasteiger partial charge is 0.242 e. The zero-order valence-corrected chi connectivity index (χ0v) is 22.9. The molecule has 0 heterocycles. The maximum absolute atomic E-state index is 13.3. The number of amides is 2. The average molecular weight is 522 g/mol. The number of carbonyl (C=O) groups excluding carboxylic acids is 2. The fourth-order valence-corrected chi connectivity index (χ4v) is 4.77. The van der Waals surface area contributed by atoms with Gasteiger partial charge >= 0.3 is 0 Å². The number of benzene rings is 2. The maximum Gasteiger partial charge on any atom is 0.242 e. The van der Waals surface area contributed by atoms with Crippen LogP contribution in [0.3, 0.4) is 0 Å². The highest BCUT2D eigenvalue weighted by atomic mass is 35.5. The number of nitrogens with one attached hydrogen (secondary N) is 1. The summed E-state index contributed by atoms with van der Waals surface area (Å²) in [6, 6.07) is 13.6. The Morgan fingerprint density at radius 3 is 2.26 bits per heavy atom. The molecule has 0 radical (unpaired) electrons. The highest BCUT2D eigenvalue weighted by molar-refractivity contribution is 7.92. The van der Waals surface area contributed by atoms with Crippen LogP contribution in [0.1, 0.15) is 51.7 Å². The fraction of sp³-hybridized carbons (Fsp3) is 0.462. The molecule has 0 saturated carbocycles. The number of nitrogens with zero attached hydrogens (tertiary/aromatic N) is 2. The topological polar surface area (TPSA) is 86.8 Å². The summed E-state index contributed by atoms with van der Waals surface area (Å²) >= 11 is 5.93. The van der Waals surface area contributed by atoms with Gasteiger partial charge in [0.15, 0.2) is 0 Å². The van der Waals surface area contributed by atoms with E-state index in [0.29, 0.717) is 17.1 Å². The molecule has 0 aliphatic rings. The Hall–Kier alpha value is -2.58. The Morgan fingerprint density at radius 2 is 1.71 bits per heavy atom. The second-order valence-electron chi connectivity index (χ2n) is 9.84. The van der Waals surface area contributed by atoms with Gasteiger partial charge in [-0.25, -0.2) is 8.42 Å². The van der Waals surface area contributed by atoms with Gasteiger partial charge in [0.05, 0.1) is 11.9 Å². The Labute approximate surface area is 214 Å². The van der Waals surface area contributed by atoms with Crippen molar-refractivity contribution in [3.63, 3.8) is 0 Å². The highest BCUT2D eigenvalue weighted by Gasteiger charge is 2.28. The summed E-state index contributed by atoms with van der Waals surface area (Å²) in [7, 11) is -3.55. The van der Waals surface area contributed by atoms with Crippen molar-refractivity contribution in [3.05, 3.63) is 64.7 Å². The second kappa shape index (κ2) is 11.9. The minimum absolute atomic E-state index is 0.0958. The van der Waals surface area contributed by atoms with Crippen LogP contribution in [0, 0.1) is 6.92 Å². The lowest BCUT2D eigenvalue weighted by molar-refractivity contribution is -0.141. The monoisotopic (exact) mass is 521 g/mol. The van der Waals surface area contributed by atoms with Gasteiger partial charge in [0, 0.05) is 30.1 Å². The van der Waals surface area contributed by atoms with E-state index in [2.05, 4.69) is 5.32 Å². The zero-order chi connectivity index (χ0) is 26.4. The van der Waals surface area contributed by atoms with E-state index in [-0.39, 0.29) is 31.3 Å². The molecular formula is C26H36ClN3O4S. The highest BCUT2D eigenvalue weighted by Crippen LogP contribution is 2.21. The molecule has 2 rings (SSSR count). The molecule has 0 spiro atoms. The summed E-state index contributed by atoms with van der Waals surface area (Å²) in [5, 5.41) is 3.45. The van der Waals surface area contributed by atoms with E-state index < -0.39 is 21.6 Å². The molecular weight excluding hydrogens is 486 g/mol. The van der Waals surface area contributed by atoms with Gasteiger partial charge in [-0.3, -0.25) is 13.9 Å². The molecule has 9 heteroatoms. The van der Waals surface area contributed by atoms with E-state index >= 15 is 0 Å². The normalized spacial score (nSPS) is 12.7. The molecule has 7 nitrogen and oxygen atoms in total. The summed E-state index contributed by atoms with van der Waals surface area (Å²) in [5.41, 5.74) is 2.04. The van der Waals surface area contributed by atoms with Crippen LogP contribution in [0.15, 0.2) is 48.5 Å². The van der Waals surface area contributed by atoms with Gasteiger partial charge in [0.1, 0.15) is 6.04 Å². The molecule has 0 aliphatic carbocycles. The maximum atomic E-state index is 13.3. The lowest BCUT2D eigenvalue weighted by atomic mass is 10.1. The van der Waals surface area contributed by atoms with Crippen LogP contribution >= 0.6 is 11.6 Å². The van der Waals surface area contributed by atoms with Gasteiger partial charge < -0.3 is 10.2 Å². The molecule has 0 saturated heterocycles. The number of rotatable bonds is 10. The first-order chi connectivity index (χ1) is 16.2. The van der Waals surface area contributed by atoms with Crippen molar-refractivity contribution in [2.24, 2.45) is 0 Å². The quantitative estimate of drug-likeness (QED) is 0.497. The average Bonchev–Trinajstić information content (AvgIpc) is 2.73. The molecule has 0 aromatic heterocycles. The van der Waals surface area contributed by atoms with Crippen molar-refractivity contribution in [2.75, 3.05) is 17.1 Å².